The maximum Gasteiger partial charge on any atom is 0.248 e. The van der Waals surface area contributed by atoms with Crippen LogP contribution in [0.3, 0.4) is 0 Å². The summed E-state index contributed by atoms with van der Waals surface area (Å²) in [6, 6.07) is 0. The van der Waals surface area contributed by atoms with E-state index in [-0.39, 0.29) is 18.9 Å². The van der Waals surface area contributed by atoms with Crippen LogP contribution >= 0.6 is 0 Å². The Morgan fingerprint density at radius 3 is 2.80 bits per heavy atom. The van der Waals surface area contributed by atoms with Crippen LogP contribution in [0.4, 0.5) is 0 Å². The molecular formula is C8H13N3O4. The molecule has 0 aliphatic carbocycles. The van der Waals surface area contributed by atoms with Gasteiger partial charge in [0, 0.05) is 20.0 Å². The first-order valence-electron chi connectivity index (χ1n) is 4.44. The van der Waals surface area contributed by atoms with Crippen molar-refractivity contribution in [3.8, 4) is 0 Å². The summed E-state index contributed by atoms with van der Waals surface area (Å²) in [6.07, 6.45) is 0.169. The van der Waals surface area contributed by atoms with Gasteiger partial charge in [-0.25, -0.2) is 5.48 Å². The molecule has 84 valence electrons. The van der Waals surface area contributed by atoms with E-state index in [0.29, 0.717) is 6.54 Å². The first-order valence-corrected chi connectivity index (χ1v) is 4.44. The van der Waals surface area contributed by atoms with E-state index in [1.807, 2.05) is 0 Å². The molecule has 0 aromatic heterocycles. The summed E-state index contributed by atoms with van der Waals surface area (Å²) in [7, 11) is 1.62. The highest BCUT2D eigenvalue weighted by Gasteiger charge is 2.32. The van der Waals surface area contributed by atoms with E-state index >= 15 is 0 Å². The van der Waals surface area contributed by atoms with E-state index in [1.165, 1.54) is 4.90 Å². The predicted octanol–water partition coefficient (Wildman–Crippen LogP) is -2.00. The minimum atomic E-state index is -0.671. The second kappa shape index (κ2) is 4.74. The number of amides is 3. The van der Waals surface area contributed by atoms with Crippen molar-refractivity contribution >= 4 is 17.7 Å². The topological polar surface area (TPSA) is 102 Å². The fourth-order valence-electron chi connectivity index (χ4n) is 1.30. The lowest BCUT2D eigenvalue weighted by molar-refractivity contribution is -0.141. The summed E-state index contributed by atoms with van der Waals surface area (Å²) in [5.74, 6) is -1.58. The maximum absolute atomic E-state index is 11.4. The Kier molecular flexibility index (Phi) is 3.62. The van der Waals surface area contributed by atoms with Crippen LogP contribution in [0.2, 0.25) is 0 Å². The average Bonchev–Trinajstić information content (AvgIpc) is 2.46. The van der Waals surface area contributed by atoms with Gasteiger partial charge in [0.2, 0.25) is 17.7 Å². The van der Waals surface area contributed by atoms with E-state index in [0.717, 1.165) is 0 Å². The molecule has 0 aromatic rings. The maximum atomic E-state index is 11.4. The smallest absolute Gasteiger partial charge is 0.248 e. The summed E-state index contributed by atoms with van der Waals surface area (Å²) in [6.45, 7) is -0.00710. The highest BCUT2D eigenvalue weighted by Crippen LogP contribution is 2.15. The van der Waals surface area contributed by atoms with Crippen LogP contribution in [0.15, 0.2) is 0 Å². The minimum absolute atomic E-state index is 0.0787. The second-order valence-electron chi connectivity index (χ2n) is 3.40. The Balaban J connectivity index is 2.29. The fraction of sp³-hybridized carbons (Fsp3) is 0.625. The Morgan fingerprint density at radius 1 is 1.67 bits per heavy atom. The van der Waals surface area contributed by atoms with E-state index in [2.05, 4.69) is 10.3 Å². The van der Waals surface area contributed by atoms with Gasteiger partial charge in [0.15, 0.2) is 6.61 Å². The molecule has 0 bridgehead atoms. The molecular weight excluding hydrogens is 202 g/mol. The van der Waals surface area contributed by atoms with Gasteiger partial charge in [0.05, 0.1) is 5.92 Å². The van der Waals surface area contributed by atoms with Crippen LogP contribution in [-0.2, 0) is 19.2 Å². The molecule has 0 saturated carbocycles. The van der Waals surface area contributed by atoms with Crippen LogP contribution < -0.4 is 11.2 Å². The van der Waals surface area contributed by atoms with E-state index in [4.69, 9.17) is 5.73 Å². The average molecular weight is 215 g/mol. The van der Waals surface area contributed by atoms with Crippen molar-refractivity contribution in [2.24, 2.45) is 11.7 Å². The molecule has 1 fully saturated rings. The molecule has 1 saturated heterocycles. The van der Waals surface area contributed by atoms with E-state index in [1.54, 1.807) is 7.05 Å². The predicted molar refractivity (Wildman–Crippen MR) is 49.0 cm³/mol. The number of hydrogen-bond acceptors (Lipinski definition) is 4. The lowest BCUT2D eigenvalue weighted by Gasteiger charge is -2.09. The number of nitrogens with two attached hydrogens (primary N) is 1. The summed E-state index contributed by atoms with van der Waals surface area (Å²) < 4.78 is 0. The molecule has 0 radical (unpaired) electrons. The van der Waals surface area contributed by atoms with Crippen molar-refractivity contribution in [3.05, 3.63) is 0 Å². The minimum Gasteiger partial charge on any atom is -0.368 e. The Morgan fingerprint density at radius 2 is 2.33 bits per heavy atom. The van der Waals surface area contributed by atoms with Crippen LogP contribution in [0, 0.1) is 5.92 Å². The zero-order chi connectivity index (χ0) is 11.4. The van der Waals surface area contributed by atoms with Gasteiger partial charge < -0.3 is 10.6 Å². The van der Waals surface area contributed by atoms with Crippen LogP contribution in [0.5, 0.6) is 0 Å². The van der Waals surface area contributed by atoms with Crippen molar-refractivity contribution in [2.75, 3.05) is 20.2 Å². The number of nitrogens with zero attached hydrogens (tertiary/aromatic N) is 1. The number of nitrogens with one attached hydrogen (secondary N) is 1. The van der Waals surface area contributed by atoms with Crippen molar-refractivity contribution in [3.63, 3.8) is 0 Å². The molecule has 1 aliphatic heterocycles. The highest BCUT2D eigenvalue weighted by molar-refractivity contribution is 5.88. The van der Waals surface area contributed by atoms with Gasteiger partial charge in [-0.05, 0) is 0 Å². The number of hydrogen-bond donors (Lipinski definition) is 2. The number of primary amides is 1. The summed E-state index contributed by atoms with van der Waals surface area (Å²) >= 11 is 0. The van der Waals surface area contributed by atoms with Crippen LogP contribution in [-0.4, -0.2) is 42.8 Å². The largest absolute Gasteiger partial charge is 0.368 e. The number of rotatable bonds is 4. The van der Waals surface area contributed by atoms with Crippen LogP contribution in [0.1, 0.15) is 6.42 Å². The lowest BCUT2D eigenvalue weighted by Crippen LogP contribution is -2.34. The summed E-state index contributed by atoms with van der Waals surface area (Å²) in [5, 5.41) is 0. The van der Waals surface area contributed by atoms with E-state index < -0.39 is 17.7 Å². The van der Waals surface area contributed by atoms with Crippen molar-refractivity contribution < 1.29 is 19.2 Å². The molecule has 1 atom stereocenters. The molecule has 1 aliphatic rings. The van der Waals surface area contributed by atoms with E-state index in [9.17, 15) is 14.4 Å². The highest BCUT2D eigenvalue weighted by atomic mass is 16.7. The quantitative estimate of drug-likeness (QED) is 0.529. The lowest BCUT2D eigenvalue weighted by atomic mass is 10.1. The fourth-order valence-corrected chi connectivity index (χ4v) is 1.30. The molecule has 3 N–H and O–H groups in total. The number of likely N-dealkylation sites (tertiary alicyclic amines) is 1. The van der Waals surface area contributed by atoms with Gasteiger partial charge in [-0.3, -0.25) is 19.2 Å². The van der Waals surface area contributed by atoms with Crippen LogP contribution in [0.25, 0.3) is 0 Å². The van der Waals surface area contributed by atoms with Gasteiger partial charge in [0.25, 0.3) is 0 Å². The monoisotopic (exact) mass is 215 g/mol. The third-order valence-electron chi connectivity index (χ3n) is 2.10. The van der Waals surface area contributed by atoms with Gasteiger partial charge in [0.1, 0.15) is 0 Å². The summed E-state index contributed by atoms with van der Waals surface area (Å²) in [4.78, 5) is 38.7. The Hall–Kier alpha value is -1.63. The SMILES string of the molecule is CN1CC(C(=O)NOCC(N)=O)CC1=O. The number of hydroxylamine groups is 1. The molecule has 0 spiro atoms. The molecule has 1 unspecified atom stereocenters. The van der Waals surface area contributed by atoms with Gasteiger partial charge in [-0.1, -0.05) is 0 Å². The summed E-state index contributed by atoms with van der Waals surface area (Å²) in [5.41, 5.74) is 6.88. The molecule has 1 heterocycles. The third-order valence-corrected chi connectivity index (χ3v) is 2.10. The normalized spacial score (nSPS) is 20.5. The Bertz CT molecular complexity index is 292. The first-order chi connectivity index (χ1) is 7.00. The third kappa shape index (κ3) is 3.21. The number of carbonyl (C=O) groups is 3. The van der Waals surface area contributed by atoms with Crippen molar-refractivity contribution in [2.45, 2.75) is 6.42 Å². The molecule has 0 aromatic carbocycles. The molecule has 7 nitrogen and oxygen atoms in total. The molecule has 15 heavy (non-hydrogen) atoms. The van der Waals surface area contributed by atoms with Gasteiger partial charge in [-0.15, -0.1) is 0 Å². The Labute approximate surface area is 86.5 Å². The van der Waals surface area contributed by atoms with Gasteiger partial charge in [-0.2, -0.15) is 0 Å². The molecule has 1 rings (SSSR count). The number of carbonyl (C=O) groups excluding carboxylic acids is 3. The van der Waals surface area contributed by atoms with Crippen molar-refractivity contribution in [1.82, 2.24) is 10.4 Å². The van der Waals surface area contributed by atoms with Crippen molar-refractivity contribution in [1.29, 1.82) is 0 Å². The first kappa shape index (κ1) is 11.4. The van der Waals surface area contributed by atoms with Gasteiger partial charge >= 0.3 is 0 Å². The zero-order valence-corrected chi connectivity index (χ0v) is 8.36. The molecule has 3 amide bonds. The standard InChI is InChI=1S/C8H13N3O4/c1-11-3-5(2-7(11)13)8(14)10-15-4-6(9)12/h5H,2-4H2,1H3,(H2,9,12)(H,10,14). The zero-order valence-electron chi connectivity index (χ0n) is 8.36. The molecule has 7 heteroatoms. The second-order valence-corrected chi connectivity index (χ2v) is 3.40.